The van der Waals surface area contributed by atoms with E-state index in [1.165, 1.54) is 24.9 Å². The highest BCUT2D eigenvalue weighted by Crippen LogP contribution is 2.33. The summed E-state index contributed by atoms with van der Waals surface area (Å²) in [5, 5.41) is 3.72. The summed E-state index contributed by atoms with van der Waals surface area (Å²) in [6.07, 6.45) is 2.07. The van der Waals surface area contributed by atoms with E-state index in [1.807, 2.05) is 13.8 Å². The third-order valence-corrected chi connectivity index (χ3v) is 3.67. The van der Waals surface area contributed by atoms with Crippen molar-refractivity contribution in [3.05, 3.63) is 22.4 Å². The highest BCUT2D eigenvalue weighted by Gasteiger charge is 2.28. The lowest BCUT2D eigenvalue weighted by Gasteiger charge is -2.26. The van der Waals surface area contributed by atoms with Crippen molar-refractivity contribution in [1.82, 2.24) is 5.32 Å². The molecule has 0 aromatic heterocycles. The standard InChI is InChI=1S/C13H19NO4S/c1-5-9-12(13(16)17-4)8(3)19-10(14-9)7-11(15)18-6-2/h7-8,14H,5-6H2,1-4H3/b10-7+. The lowest BCUT2D eigenvalue weighted by atomic mass is 10.1. The van der Waals surface area contributed by atoms with Gasteiger partial charge in [-0.1, -0.05) is 6.92 Å². The summed E-state index contributed by atoms with van der Waals surface area (Å²) >= 11 is 1.40. The van der Waals surface area contributed by atoms with Crippen LogP contribution in [0.25, 0.3) is 0 Å². The quantitative estimate of drug-likeness (QED) is 0.629. The molecule has 0 fully saturated rings. The molecule has 1 N–H and O–H groups in total. The van der Waals surface area contributed by atoms with Crippen molar-refractivity contribution in [3.8, 4) is 0 Å². The second-order valence-electron chi connectivity index (χ2n) is 3.88. The van der Waals surface area contributed by atoms with Crippen molar-refractivity contribution in [2.75, 3.05) is 13.7 Å². The van der Waals surface area contributed by atoms with Crippen molar-refractivity contribution >= 4 is 23.7 Å². The summed E-state index contributed by atoms with van der Waals surface area (Å²) in [5.41, 5.74) is 1.41. The number of carbonyl (C=O) groups excluding carboxylic acids is 2. The monoisotopic (exact) mass is 285 g/mol. The van der Waals surface area contributed by atoms with Crippen LogP contribution >= 0.6 is 11.8 Å². The van der Waals surface area contributed by atoms with Gasteiger partial charge in [0.05, 0.1) is 30.4 Å². The van der Waals surface area contributed by atoms with Crippen LogP contribution in [0.1, 0.15) is 27.2 Å². The molecule has 1 aliphatic heterocycles. The van der Waals surface area contributed by atoms with Gasteiger partial charge in [0.15, 0.2) is 0 Å². The zero-order valence-corrected chi connectivity index (χ0v) is 12.4. The van der Waals surface area contributed by atoms with Crippen LogP contribution < -0.4 is 5.32 Å². The van der Waals surface area contributed by atoms with Crippen LogP contribution in [0.3, 0.4) is 0 Å². The van der Waals surface area contributed by atoms with Gasteiger partial charge in [0, 0.05) is 10.9 Å². The summed E-state index contributed by atoms with van der Waals surface area (Å²) < 4.78 is 9.65. The smallest absolute Gasteiger partial charge is 0.336 e. The lowest BCUT2D eigenvalue weighted by molar-refractivity contribution is -0.137. The van der Waals surface area contributed by atoms with Gasteiger partial charge in [0.2, 0.25) is 0 Å². The molecule has 0 aromatic rings. The molecule has 0 saturated carbocycles. The fourth-order valence-corrected chi connectivity index (χ4v) is 2.86. The average Bonchev–Trinajstić information content (AvgIpc) is 2.37. The minimum absolute atomic E-state index is 0.0654. The van der Waals surface area contributed by atoms with E-state index in [0.29, 0.717) is 23.6 Å². The highest BCUT2D eigenvalue weighted by molar-refractivity contribution is 8.03. The Morgan fingerprint density at radius 2 is 2.11 bits per heavy atom. The molecule has 0 aliphatic carbocycles. The first-order chi connectivity index (χ1) is 9.03. The normalized spacial score (nSPS) is 21.1. The lowest BCUT2D eigenvalue weighted by Crippen LogP contribution is -2.29. The number of rotatable bonds is 4. The Morgan fingerprint density at radius 3 is 2.63 bits per heavy atom. The summed E-state index contributed by atoms with van der Waals surface area (Å²) in [6.45, 7) is 5.95. The van der Waals surface area contributed by atoms with E-state index >= 15 is 0 Å². The van der Waals surface area contributed by atoms with Gasteiger partial charge in [0.1, 0.15) is 0 Å². The van der Waals surface area contributed by atoms with Gasteiger partial charge in [-0.25, -0.2) is 9.59 Å². The Kier molecular flexibility index (Phi) is 5.95. The second-order valence-corrected chi connectivity index (χ2v) is 5.27. The van der Waals surface area contributed by atoms with Gasteiger partial charge in [-0.3, -0.25) is 0 Å². The number of esters is 2. The first kappa shape index (κ1) is 15.6. The molecule has 0 amide bonds. The zero-order valence-electron chi connectivity index (χ0n) is 11.6. The summed E-state index contributed by atoms with van der Waals surface area (Å²) in [7, 11) is 1.37. The number of carbonyl (C=O) groups is 2. The zero-order chi connectivity index (χ0) is 14.4. The summed E-state index contributed by atoms with van der Waals surface area (Å²) in [5.74, 6) is -0.721. The van der Waals surface area contributed by atoms with E-state index in [1.54, 1.807) is 6.92 Å². The van der Waals surface area contributed by atoms with E-state index in [2.05, 4.69) is 5.32 Å². The molecule has 1 rings (SSSR count). The number of hydrogen-bond acceptors (Lipinski definition) is 6. The van der Waals surface area contributed by atoms with E-state index in [-0.39, 0.29) is 17.2 Å². The Hall–Kier alpha value is -1.43. The molecule has 0 radical (unpaired) electrons. The van der Waals surface area contributed by atoms with Crippen molar-refractivity contribution in [1.29, 1.82) is 0 Å². The molecule has 0 aromatic carbocycles. The average molecular weight is 285 g/mol. The summed E-state index contributed by atoms with van der Waals surface area (Å²) in [6, 6.07) is 0. The van der Waals surface area contributed by atoms with Crippen LogP contribution in [0.4, 0.5) is 0 Å². The molecule has 0 saturated heterocycles. The topological polar surface area (TPSA) is 64.6 Å². The highest BCUT2D eigenvalue weighted by atomic mass is 32.2. The molecule has 1 heterocycles. The van der Waals surface area contributed by atoms with Crippen molar-refractivity contribution < 1.29 is 19.1 Å². The van der Waals surface area contributed by atoms with Crippen LogP contribution in [0, 0.1) is 0 Å². The number of nitrogens with one attached hydrogen (secondary N) is 1. The molecule has 5 nitrogen and oxygen atoms in total. The molecule has 1 atom stereocenters. The summed E-state index contributed by atoms with van der Waals surface area (Å²) in [4.78, 5) is 23.2. The van der Waals surface area contributed by atoms with Gasteiger partial charge in [-0.2, -0.15) is 0 Å². The minimum Gasteiger partial charge on any atom is -0.466 e. The molecule has 106 valence electrons. The van der Waals surface area contributed by atoms with Gasteiger partial charge >= 0.3 is 11.9 Å². The third-order valence-electron chi connectivity index (χ3n) is 2.60. The van der Waals surface area contributed by atoms with Crippen molar-refractivity contribution in [2.45, 2.75) is 32.4 Å². The molecule has 0 bridgehead atoms. The number of methoxy groups -OCH3 is 1. The fourth-order valence-electron chi connectivity index (χ4n) is 1.78. The number of allylic oxidation sites excluding steroid dienone is 1. The molecule has 0 spiro atoms. The largest absolute Gasteiger partial charge is 0.466 e. The number of ether oxygens (including phenoxy) is 2. The SMILES string of the molecule is CCOC(=O)/C=C1\NC(CC)=C(C(=O)OC)C(C)S1. The molecular formula is C13H19NO4S. The van der Waals surface area contributed by atoms with Crippen molar-refractivity contribution in [2.24, 2.45) is 0 Å². The van der Waals surface area contributed by atoms with Gasteiger partial charge < -0.3 is 14.8 Å². The maximum atomic E-state index is 11.7. The van der Waals surface area contributed by atoms with Gasteiger partial charge in [0.25, 0.3) is 0 Å². The molecule has 6 heteroatoms. The number of hydrogen-bond donors (Lipinski definition) is 1. The number of thioether (sulfide) groups is 1. The van der Waals surface area contributed by atoms with Crippen LogP contribution in [-0.2, 0) is 19.1 Å². The first-order valence-corrected chi connectivity index (χ1v) is 7.04. The molecule has 1 unspecified atom stereocenters. The maximum absolute atomic E-state index is 11.7. The van der Waals surface area contributed by atoms with Gasteiger partial charge in [-0.05, 0) is 20.3 Å². The van der Waals surface area contributed by atoms with Gasteiger partial charge in [-0.15, -0.1) is 11.8 Å². The van der Waals surface area contributed by atoms with Crippen LogP contribution in [0.2, 0.25) is 0 Å². The molecular weight excluding hydrogens is 266 g/mol. The van der Waals surface area contributed by atoms with Crippen LogP contribution in [0.5, 0.6) is 0 Å². The van der Waals surface area contributed by atoms with E-state index < -0.39 is 0 Å². The Morgan fingerprint density at radius 1 is 1.42 bits per heavy atom. The molecule has 1 aliphatic rings. The van der Waals surface area contributed by atoms with Crippen molar-refractivity contribution in [3.63, 3.8) is 0 Å². The Balaban J connectivity index is 2.97. The minimum atomic E-state index is -0.387. The predicted octanol–water partition coefficient (Wildman–Crippen LogP) is 1.95. The Labute approximate surface area is 117 Å². The second kappa shape index (κ2) is 7.23. The van der Waals surface area contributed by atoms with E-state index in [9.17, 15) is 9.59 Å². The predicted molar refractivity (Wildman–Crippen MR) is 74.2 cm³/mol. The third kappa shape index (κ3) is 4.02. The Bertz CT molecular complexity index is 428. The van der Waals surface area contributed by atoms with Crippen LogP contribution in [-0.4, -0.2) is 30.9 Å². The maximum Gasteiger partial charge on any atom is 0.336 e. The van der Waals surface area contributed by atoms with Crippen LogP contribution in [0.15, 0.2) is 22.4 Å². The van der Waals surface area contributed by atoms with E-state index in [4.69, 9.17) is 9.47 Å². The van der Waals surface area contributed by atoms with E-state index in [0.717, 1.165) is 5.70 Å². The fraction of sp³-hybridized carbons (Fsp3) is 0.538. The molecule has 19 heavy (non-hydrogen) atoms. The first-order valence-electron chi connectivity index (χ1n) is 6.16.